The van der Waals surface area contributed by atoms with Crippen molar-refractivity contribution in [2.24, 2.45) is 5.92 Å². The summed E-state index contributed by atoms with van der Waals surface area (Å²) in [6.45, 7) is 4.69. The summed E-state index contributed by atoms with van der Waals surface area (Å²) >= 11 is 5.68. The molecular formula is C14H23BrCl2N2S. The summed E-state index contributed by atoms with van der Waals surface area (Å²) in [5, 5.41) is 5.70. The SMILES string of the molecule is Brc1ccsc1[C@H](C1CCCC1)N1CCNCC1.Cl.Cl. The number of hydrogen-bond acceptors (Lipinski definition) is 3. The molecule has 1 saturated heterocycles. The molecular weight excluding hydrogens is 379 g/mol. The zero-order valence-electron chi connectivity index (χ0n) is 11.5. The van der Waals surface area contributed by atoms with Crippen molar-refractivity contribution in [1.82, 2.24) is 10.2 Å². The smallest absolute Gasteiger partial charge is 0.0482 e. The topological polar surface area (TPSA) is 15.3 Å². The first-order valence-corrected chi connectivity index (χ1v) is 8.71. The van der Waals surface area contributed by atoms with E-state index < -0.39 is 0 Å². The molecule has 1 aromatic rings. The van der Waals surface area contributed by atoms with Gasteiger partial charge < -0.3 is 5.32 Å². The Bertz CT molecular complexity index is 390. The maximum atomic E-state index is 3.75. The molecule has 0 unspecified atom stereocenters. The Morgan fingerprint density at radius 3 is 2.40 bits per heavy atom. The van der Waals surface area contributed by atoms with Gasteiger partial charge in [0.25, 0.3) is 0 Å². The van der Waals surface area contributed by atoms with Crippen molar-refractivity contribution >= 4 is 52.1 Å². The van der Waals surface area contributed by atoms with Gasteiger partial charge in [-0.1, -0.05) is 12.8 Å². The number of nitrogens with zero attached hydrogens (tertiary/aromatic N) is 1. The molecule has 20 heavy (non-hydrogen) atoms. The van der Waals surface area contributed by atoms with Crippen molar-refractivity contribution in [3.05, 3.63) is 20.8 Å². The highest BCUT2D eigenvalue weighted by atomic mass is 79.9. The molecule has 0 spiro atoms. The Morgan fingerprint density at radius 2 is 1.85 bits per heavy atom. The van der Waals surface area contributed by atoms with Gasteiger partial charge in [-0.3, -0.25) is 4.90 Å². The van der Waals surface area contributed by atoms with Crippen LogP contribution in [0.1, 0.15) is 36.6 Å². The Morgan fingerprint density at radius 1 is 1.20 bits per heavy atom. The molecule has 6 heteroatoms. The zero-order valence-corrected chi connectivity index (χ0v) is 15.6. The minimum absolute atomic E-state index is 0. The molecule has 2 heterocycles. The van der Waals surface area contributed by atoms with E-state index in [1.54, 1.807) is 4.88 Å². The molecule has 2 fully saturated rings. The third kappa shape index (κ3) is 4.11. The molecule has 2 aliphatic rings. The molecule has 116 valence electrons. The van der Waals surface area contributed by atoms with Crippen molar-refractivity contribution in [3.63, 3.8) is 0 Å². The molecule has 0 bridgehead atoms. The first kappa shape index (κ1) is 18.7. The van der Waals surface area contributed by atoms with Crippen LogP contribution in [0.3, 0.4) is 0 Å². The molecule has 1 saturated carbocycles. The summed E-state index contributed by atoms with van der Waals surface area (Å²) in [6.07, 6.45) is 5.68. The van der Waals surface area contributed by atoms with E-state index in [1.165, 1.54) is 43.2 Å². The number of halogens is 3. The molecule has 1 atom stereocenters. The van der Waals surface area contributed by atoms with Crippen LogP contribution in [0, 0.1) is 5.92 Å². The highest BCUT2D eigenvalue weighted by Gasteiger charge is 2.33. The van der Waals surface area contributed by atoms with Crippen LogP contribution >= 0.6 is 52.1 Å². The van der Waals surface area contributed by atoms with Crippen LogP contribution in [-0.2, 0) is 0 Å². The summed E-state index contributed by atoms with van der Waals surface area (Å²) in [6, 6.07) is 2.87. The zero-order chi connectivity index (χ0) is 12.4. The third-order valence-electron chi connectivity index (χ3n) is 4.30. The van der Waals surface area contributed by atoms with Crippen LogP contribution in [0.4, 0.5) is 0 Å². The van der Waals surface area contributed by atoms with E-state index in [0.29, 0.717) is 6.04 Å². The minimum atomic E-state index is 0. The van der Waals surface area contributed by atoms with Crippen LogP contribution in [-0.4, -0.2) is 31.1 Å². The second-order valence-electron chi connectivity index (χ2n) is 5.41. The Hall–Kier alpha value is 0.680. The second-order valence-corrected chi connectivity index (χ2v) is 7.21. The number of rotatable bonds is 3. The van der Waals surface area contributed by atoms with Gasteiger partial charge in [0.1, 0.15) is 0 Å². The summed E-state index contributed by atoms with van der Waals surface area (Å²) < 4.78 is 1.32. The average molecular weight is 402 g/mol. The van der Waals surface area contributed by atoms with E-state index in [0.717, 1.165) is 19.0 Å². The van der Waals surface area contributed by atoms with Crippen molar-refractivity contribution in [2.75, 3.05) is 26.2 Å². The Kier molecular flexibility index (Phi) is 8.39. The van der Waals surface area contributed by atoms with Gasteiger partial charge in [0.05, 0.1) is 0 Å². The summed E-state index contributed by atoms with van der Waals surface area (Å²) in [4.78, 5) is 4.27. The first-order valence-electron chi connectivity index (χ1n) is 7.04. The Labute approximate surface area is 146 Å². The van der Waals surface area contributed by atoms with Crippen molar-refractivity contribution < 1.29 is 0 Å². The van der Waals surface area contributed by atoms with Gasteiger partial charge in [0, 0.05) is 41.6 Å². The molecule has 1 aliphatic carbocycles. The van der Waals surface area contributed by atoms with Gasteiger partial charge in [0.2, 0.25) is 0 Å². The lowest BCUT2D eigenvalue weighted by molar-refractivity contribution is 0.127. The first-order chi connectivity index (χ1) is 8.86. The van der Waals surface area contributed by atoms with E-state index >= 15 is 0 Å². The lowest BCUT2D eigenvalue weighted by Crippen LogP contribution is -2.46. The van der Waals surface area contributed by atoms with Gasteiger partial charge in [-0.2, -0.15) is 0 Å². The van der Waals surface area contributed by atoms with Gasteiger partial charge >= 0.3 is 0 Å². The minimum Gasteiger partial charge on any atom is -0.314 e. The number of hydrogen-bond donors (Lipinski definition) is 1. The summed E-state index contributed by atoms with van der Waals surface area (Å²) in [7, 11) is 0. The highest BCUT2D eigenvalue weighted by Crippen LogP contribution is 2.43. The average Bonchev–Trinajstić information content (AvgIpc) is 3.05. The summed E-state index contributed by atoms with van der Waals surface area (Å²) in [5.74, 6) is 0.873. The fourth-order valence-electron chi connectivity index (χ4n) is 3.43. The monoisotopic (exact) mass is 400 g/mol. The highest BCUT2D eigenvalue weighted by molar-refractivity contribution is 9.10. The van der Waals surface area contributed by atoms with E-state index in [4.69, 9.17) is 0 Å². The van der Waals surface area contributed by atoms with Gasteiger partial charge in [-0.15, -0.1) is 36.2 Å². The maximum Gasteiger partial charge on any atom is 0.0482 e. The lowest BCUT2D eigenvalue weighted by atomic mass is 9.94. The van der Waals surface area contributed by atoms with Crippen molar-refractivity contribution in [1.29, 1.82) is 0 Å². The number of nitrogens with one attached hydrogen (secondary N) is 1. The maximum absolute atomic E-state index is 3.75. The molecule has 0 aromatic carbocycles. The summed E-state index contributed by atoms with van der Waals surface area (Å²) in [5.41, 5.74) is 0. The predicted molar refractivity (Wildman–Crippen MR) is 95.7 cm³/mol. The van der Waals surface area contributed by atoms with Crippen molar-refractivity contribution in [2.45, 2.75) is 31.7 Å². The number of piperazine rings is 1. The number of thiophene rings is 1. The molecule has 0 amide bonds. The molecule has 1 aromatic heterocycles. The molecule has 3 rings (SSSR count). The normalized spacial score (nSPS) is 22.1. The fourth-order valence-corrected chi connectivity index (χ4v) is 5.26. The van der Waals surface area contributed by atoms with Gasteiger partial charge in [-0.25, -0.2) is 0 Å². The van der Waals surface area contributed by atoms with Gasteiger partial charge in [-0.05, 0) is 46.1 Å². The van der Waals surface area contributed by atoms with E-state index in [9.17, 15) is 0 Å². The second kappa shape index (κ2) is 8.96. The van der Waals surface area contributed by atoms with Gasteiger partial charge in [0.15, 0.2) is 0 Å². The Balaban J connectivity index is 0.000001000. The van der Waals surface area contributed by atoms with E-state index in [1.807, 2.05) is 11.3 Å². The standard InChI is InChI=1S/C14H21BrN2S.2ClH/c15-12-5-10-18-14(12)13(11-3-1-2-4-11)17-8-6-16-7-9-17;;/h5,10-11,13,16H,1-4,6-9H2;2*1H/t13-;;/m0../s1. The molecule has 1 N–H and O–H groups in total. The van der Waals surface area contributed by atoms with Crippen molar-refractivity contribution in [3.8, 4) is 0 Å². The quantitative estimate of drug-likeness (QED) is 0.802. The van der Waals surface area contributed by atoms with Crippen LogP contribution in [0.25, 0.3) is 0 Å². The van der Waals surface area contributed by atoms with Crippen LogP contribution < -0.4 is 5.32 Å². The van der Waals surface area contributed by atoms with Crippen LogP contribution in [0.15, 0.2) is 15.9 Å². The van der Waals surface area contributed by atoms with Crippen LogP contribution in [0.2, 0.25) is 0 Å². The lowest BCUT2D eigenvalue weighted by Gasteiger charge is -2.38. The van der Waals surface area contributed by atoms with Crippen LogP contribution in [0.5, 0.6) is 0 Å². The molecule has 1 aliphatic heterocycles. The predicted octanol–water partition coefficient (Wildman–Crippen LogP) is 4.49. The third-order valence-corrected chi connectivity index (χ3v) is 6.25. The van der Waals surface area contributed by atoms with E-state index in [2.05, 4.69) is 37.6 Å². The largest absolute Gasteiger partial charge is 0.314 e. The molecule has 2 nitrogen and oxygen atoms in total. The van der Waals surface area contributed by atoms with E-state index in [-0.39, 0.29) is 24.8 Å². The fraction of sp³-hybridized carbons (Fsp3) is 0.714. The molecule has 0 radical (unpaired) electrons.